The molecular weight excluding hydrogens is 221 g/mol. The molecule has 1 saturated carbocycles. The van der Waals surface area contributed by atoms with Gasteiger partial charge in [-0.3, -0.25) is 0 Å². The van der Waals surface area contributed by atoms with E-state index in [2.05, 4.69) is 5.32 Å². The molecule has 3 nitrogen and oxygen atoms in total. The Bertz CT molecular complexity index is 380. The van der Waals surface area contributed by atoms with E-state index in [4.69, 9.17) is 9.84 Å². The first-order valence-electron chi connectivity index (χ1n) is 5.97. The van der Waals surface area contributed by atoms with Crippen molar-refractivity contribution in [1.82, 2.24) is 5.32 Å². The number of ether oxygens (including phenoxy) is 1. The number of rotatable bonds is 6. The molecule has 1 unspecified atom stereocenters. The molecule has 0 saturated heterocycles. The monoisotopic (exact) mass is 239 g/mol. The Kier molecular flexibility index (Phi) is 3.97. The normalized spacial score (nSPS) is 16.9. The predicted octanol–water partition coefficient (Wildman–Crippen LogP) is 1.84. The van der Waals surface area contributed by atoms with Crippen molar-refractivity contribution in [2.45, 2.75) is 38.5 Å². The smallest absolute Gasteiger partial charge is 0.127 e. The summed E-state index contributed by atoms with van der Waals surface area (Å²) in [6, 6.07) is 5.25. The topological polar surface area (TPSA) is 41.5 Å². The van der Waals surface area contributed by atoms with E-state index in [0.717, 1.165) is 5.56 Å². The molecule has 1 fully saturated rings. The Labute approximate surface area is 101 Å². The number of halogens is 1. The quantitative estimate of drug-likeness (QED) is 0.796. The fraction of sp³-hybridized carbons (Fsp3) is 0.538. The molecule has 0 aliphatic heterocycles. The van der Waals surface area contributed by atoms with E-state index >= 15 is 0 Å². The molecule has 0 radical (unpaired) electrons. The van der Waals surface area contributed by atoms with Crippen LogP contribution < -0.4 is 10.1 Å². The third-order valence-electron chi connectivity index (χ3n) is 2.70. The summed E-state index contributed by atoms with van der Waals surface area (Å²) in [7, 11) is 0. The summed E-state index contributed by atoms with van der Waals surface area (Å²) in [5.74, 6) is 0.166. The van der Waals surface area contributed by atoms with Crippen LogP contribution in [-0.4, -0.2) is 23.9 Å². The van der Waals surface area contributed by atoms with Gasteiger partial charge in [-0.2, -0.15) is 0 Å². The van der Waals surface area contributed by atoms with E-state index in [1.54, 1.807) is 6.92 Å². The number of benzene rings is 1. The predicted molar refractivity (Wildman–Crippen MR) is 63.4 cm³/mol. The van der Waals surface area contributed by atoms with Crippen LogP contribution in [0.25, 0.3) is 0 Å². The molecule has 1 aromatic carbocycles. The van der Waals surface area contributed by atoms with Crippen LogP contribution in [-0.2, 0) is 6.54 Å². The molecule has 17 heavy (non-hydrogen) atoms. The zero-order chi connectivity index (χ0) is 12.3. The SMILES string of the molecule is CC(CO)Oc1cc(F)cc(CNC2CC2)c1. The van der Waals surface area contributed by atoms with Crippen LogP contribution in [0.1, 0.15) is 25.3 Å². The molecule has 0 spiro atoms. The Morgan fingerprint density at radius 2 is 2.24 bits per heavy atom. The lowest BCUT2D eigenvalue weighted by atomic mass is 10.2. The maximum absolute atomic E-state index is 13.4. The number of hydrogen-bond acceptors (Lipinski definition) is 3. The minimum atomic E-state index is -0.318. The first-order chi connectivity index (χ1) is 8.17. The highest BCUT2D eigenvalue weighted by Gasteiger charge is 2.20. The molecule has 1 aliphatic rings. The van der Waals surface area contributed by atoms with E-state index in [-0.39, 0.29) is 18.5 Å². The maximum atomic E-state index is 13.4. The molecule has 1 aromatic rings. The summed E-state index contributed by atoms with van der Waals surface area (Å²) >= 11 is 0. The summed E-state index contributed by atoms with van der Waals surface area (Å²) in [5, 5.41) is 12.2. The highest BCUT2D eigenvalue weighted by Crippen LogP contribution is 2.21. The van der Waals surface area contributed by atoms with Crippen LogP contribution in [0.4, 0.5) is 4.39 Å². The molecule has 2 N–H and O–H groups in total. The number of hydrogen-bond donors (Lipinski definition) is 2. The van der Waals surface area contributed by atoms with Crippen LogP contribution in [0.2, 0.25) is 0 Å². The van der Waals surface area contributed by atoms with Gasteiger partial charge in [0.25, 0.3) is 0 Å². The van der Waals surface area contributed by atoms with Gasteiger partial charge in [0, 0.05) is 18.7 Å². The molecule has 4 heteroatoms. The van der Waals surface area contributed by atoms with Gasteiger partial charge >= 0.3 is 0 Å². The molecule has 0 aromatic heterocycles. The minimum Gasteiger partial charge on any atom is -0.488 e. The van der Waals surface area contributed by atoms with Crippen LogP contribution in [0.15, 0.2) is 18.2 Å². The van der Waals surface area contributed by atoms with Crippen LogP contribution in [0.3, 0.4) is 0 Å². The molecule has 1 atom stereocenters. The average molecular weight is 239 g/mol. The highest BCUT2D eigenvalue weighted by atomic mass is 19.1. The number of aliphatic hydroxyl groups excluding tert-OH is 1. The molecule has 2 rings (SSSR count). The lowest BCUT2D eigenvalue weighted by Gasteiger charge is -2.13. The molecule has 0 amide bonds. The molecule has 94 valence electrons. The van der Waals surface area contributed by atoms with Crippen molar-refractivity contribution >= 4 is 0 Å². The van der Waals surface area contributed by atoms with Crippen molar-refractivity contribution in [3.05, 3.63) is 29.6 Å². The molecule has 0 bridgehead atoms. The van der Waals surface area contributed by atoms with E-state index in [1.165, 1.54) is 25.0 Å². The van der Waals surface area contributed by atoms with Gasteiger partial charge in [0.2, 0.25) is 0 Å². The fourth-order valence-corrected chi connectivity index (χ4v) is 1.61. The van der Waals surface area contributed by atoms with Crippen LogP contribution >= 0.6 is 0 Å². The van der Waals surface area contributed by atoms with E-state index < -0.39 is 0 Å². The lowest BCUT2D eigenvalue weighted by molar-refractivity contribution is 0.129. The van der Waals surface area contributed by atoms with E-state index in [0.29, 0.717) is 18.3 Å². The van der Waals surface area contributed by atoms with Crippen LogP contribution in [0, 0.1) is 5.82 Å². The number of aliphatic hydroxyl groups is 1. The van der Waals surface area contributed by atoms with Gasteiger partial charge in [-0.1, -0.05) is 0 Å². The first kappa shape index (κ1) is 12.3. The second kappa shape index (κ2) is 5.47. The van der Waals surface area contributed by atoms with Gasteiger partial charge in [0.15, 0.2) is 0 Å². The second-order valence-electron chi connectivity index (χ2n) is 4.56. The second-order valence-corrected chi connectivity index (χ2v) is 4.56. The molecular formula is C13H18FNO2. The third kappa shape index (κ3) is 3.98. The van der Waals surface area contributed by atoms with Gasteiger partial charge in [-0.05, 0) is 37.5 Å². The third-order valence-corrected chi connectivity index (χ3v) is 2.70. The van der Waals surface area contributed by atoms with Crippen molar-refractivity contribution in [1.29, 1.82) is 0 Å². The van der Waals surface area contributed by atoms with Crippen molar-refractivity contribution in [2.75, 3.05) is 6.61 Å². The summed E-state index contributed by atoms with van der Waals surface area (Å²) in [4.78, 5) is 0. The standard InChI is InChI=1S/C13H18FNO2/c1-9(8-16)17-13-5-10(4-11(14)6-13)7-15-12-2-3-12/h4-6,9,12,15-16H,2-3,7-8H2,1H3. The summed E-state index contributed by atoms with van der Waals surface area (Å²) in [6.07, 6.45) is 2.10. The maximum Gasteiger partial charge on any atom is 0.127 e. The summed E-state index contributed by atoms with van der Waals surface area (Å²) in [5.41, 5.74) is 0.872. The van der Waals surface area contributed by atoms with Gasteiger partial charge in [-0.15, -0.1) is 0 Å². The first-order valence-corrected chi connectivity index (χ1v) is 5.97. The zero-order valence-electron chi connectivity index (χ0n) is 9.95. The van der Waals surface area contributed by atoms with Gasteiger partial charge in [-0.25, -0.2) is 4.39 Å². The van der Waals surface area contributed by atoms with Gasteiger partial charge in [0.05, 0.1) is 6.61 Å². The summed E-state index contributed by atoms with van der Waals surface area (Å²) in [6.45, 7) is 2.32. The molecule has 1 aliphatic carbocycles. The highest BCUT2D eigenvalue weighted by molar-refractivity contribution is 5.30. The van der Waals surface area contributed by atoms with Crippen molar-refractivity contribution in [3.8, 4) is 5.75 Å². The van der Waals surface area contributed by atoms with Crippen molar-refractivity contribution in [3.63, 3.8) is 0 Å². The largest absolute Gasteiger partial charge is 0.488 e. The van der Waals surface area contributed by atoms with Crippen molar-refractivity contribution < 1.29 is 14.2 Å². The minimum absolute atomic E-state index is 0.0772. The lowest BCUT2D eigenvalue weighted by Crippen LogP contribution is -2.17. The Morgan fingerprint density at radius 3 is 2.88 bits per heavy atom. The number of nitrogens with one attached hydrogen (secondary N) is 1. The van der Waals surface area contributed by atoms with E-state index in [9.17, 15) is 4.39 Å². The Hall–Kier alpha value is -1.13. The van der Waals surface area contributed by atoms with Crippen LogP contribution in [0.5, 0.6) is 5.75 Å². The van der Waals surface area contributed by atoms with Gasteiger partial charge < -0.3 is 15.2 Å². The Morgan fingerprint density at radius 1 is 1.47 bits per heavy atom. The van der Waals surface area contributed by atoms with E-state index in [1.807, 2.05) is 6.07 Å². The average Bonchev–Trinajstić information content (AvgIpc) is 3.09. The van der Waals surface area contributed by atoms with Crippen molar-refractivity contribution in [2.24, 2.45) is 0 Å². The molecule has 0 heterocycles. The van der Waals surface area contributed by atoms with Gasteiger partial charge in [0.1, 0.15) is 17.7 Å². The zero-order valence-corrected chi connectivity index (χ0v) is 9.95. The Balaban J connectivity index is 1.99. The fourth-order valence-electron chi connectivity index (χ4n) is 1.61. The summed E-state index contributed by atoms with van der Waals surface area (Å²) < 4.78 is 18.7.